The molecule has 0 amide bonds. The van der Waals surface area contributed by atoms with Crippen molar-refractivity contribution in [2.45, 2.75) is 0 Å². The van der Waals surface area contributed by atoms with Crippen molar-refractivity contribution < 1.29 is 20.4 Å². The van der Waals surface area contributed by atoms with Crippen molar-refractivity contribution in [3.05, 3.63) is 78.9 Å². The number of rotatable bonds is 2. The van der Waals surface area contributed by atoms with Gasteiger partial charge >= 0.3 is 0 Å². The molecule has 0 saturated carbocycles. The van der Waals surface area contributed by atoms with E-state index in [1.54, 1.807) is 0 Å². The van der Waals surface area contributed by atoms with E-state index >= 15 is 0 Å². The number of aromatic hydroxyl groups is 4. The Labute approximate surface area is 158 Å². The zero-order valence-electron chi connectivity index (χ0n) is 15.1. The van der Waals surface area contributed by atoms with Gasteiger partial charge < -0.3 is 29.6 Å². The van der Waals surface area contributed by atoms with Crippen molar-refractivity contribution in [1.29, 1.82) is 0 Å². The third-order valence-electron chi connectivity index (χ3n) is 4.38. The lowest BCUT2D eigenvalue weighted by molar-refractivity contribution is 0.403. The molecule has 3 aromatic rings. The van der Waals surface area contributed by atoms with Gasteiger partial charge in [0.1, 0.15) is 10.7 Å². The molecule has 2 aromatic carbocycles. The van der Waals surface area contributed by atoms with Gasteiger partial charge in [0.05, 0.1) is 0 Å². The summed E-state index contributed by atoms with van der Waals surface area (Å²) in [5, 5.41) is 38.2. The zero-order chi connectivity index (χ0) is 20.6. The number of phenols is 4. The van der Waals surface area contributed by atoms with Crippen LogP contribution in [0.15, 0.2) is 46.0 Å². The fourth-order valence-electron chi connectivity index (χ4n) is 2.74. The standard InChI is InChI=1S/C20H18N2O6/c1-21-13(7-11-3-5-15(23)17(25)9-11)20(28)22(2)14(19(21)27)8-12-4-6-16(24)18(26)10-12/h3-10,23-26H,1-2H3. The lowest BCUT2D eigenvalue weighted by atomic mass is 10.2. The van der Waals surface area contributed by atoms with Gasteiger partial charge in [0.15, 0.2) is 23.0 Å². The monoisotopic (exact) mass is 382 g/mol. The first-order valence-corrected chi connectivity index (χ1v) is 8.22. The van der Waals surface area contributed by atoms with Crippen molar-refractivity contribution in [1.82, 2.24) is 9.13 Å². The van der Waals surface area contributed by atoms with E-state index in [1.165, 1.54) is 71.8 Å². The summed E-state index contributed by atoms with van der Waals surface area (Å²) in [6.07, 6.45) is 2.86. The summed E-state index contributed by atoms with van der Waals surface area (Å²) >= 11 is 0. The van der Waals surface area contributed by atoms with Crippen LogP contribution in [0.5, 0.6) is 23.0 Å². The van der Waals surface area contributed by atoms with Gasteiger partial charge in [-0.2, -0.15) is 0 Å². The summed E-state index contributed by atoms with van der Waals surface area (Å²) in [5.74, 6) is -1.26. The molecule has 4 N–H and O–H groups in total. The Kier molecular flexibility index (Phi) is 4.70. The Morgan fingerprint density at radius 3 is 1.32 bits per heavy atom. The summed E-state index contributed by atoms with van der Waals surface area (Å²) in [4.78, 5) is 25.6. The molecule has 0 aliphatic carbocycles. The summed E-state index contributed by atoms with van der Waals surface area (Å²) < 4.78 is 2.36. The largest absolute Gasteiger partial charge is 0.504 e. The number of hydrogen-bond acceptors (Lipinski definition) is 6. The van der Waals surface area contributed by atoms with Crippen molar-refractivity contribution >= 4 is 12.2 Å². The number of hydrogen-bond donors (Lipinski definition) is 4. The first-order chi connectivity index (χ1) is 13.2. The van der Waals surface area contributed by atoms with Gasteiger partial charge in [0.25, 0.3) is 11.1 Å². The van der Waals surface area contributed by atoms with E-state index in [1.807, 2.05) is 0 Å². The maximum absolute atomic E-state index is 12.8. The van der Waals surface area contributed by atoms with Crippen LogP contribution in [0.2, 0.25) is 0 Å². The van der Waals surface area contributed by atoms with Gasteiger partial charge in [-0.15, -0.1) is 0 Å². The van der Waals surface area contributed by atoms with Gasteiger partial charge in [-0.05, 0) is 47.5 Å². The van der Waals surface area contributed by atoms with E-state index < -0.39 is 11.1 Å². The van der Waals surface area contributed by atoms with Crippen LogP contribution < -0.4 is 21.8 Å². The van der Waals surface area contributed by atoms with Crippen LogP contribution in [0.3, 0.4) is 0 Å². The van der Waals surface area contributed by atoms with Crippen LogP contribution in [-0.4, -0.2) is 29.6 Å². The third-order valence-corrected chi connectivity index (χ3v) is 4.38. The summed E-state index contributed by atoms with van der Waals surface area (Å²) in [7, 11) is 2.89. The normalized spacial score (nSPS) is 12.5. The molecule has 28 heavy (non-hydrogen) atoms. The van der Waals surface area contributed by atoms with Gasteiger partial charge in [0.2, 0.25) is 0 Å². The lowest BCUT2D eigenvalue weighted by Crippen LogP contribution is -2.56. The second-order valence-corrected chi connectivity index (χ2v) is 6.28. The quantitative estimate of drug-likeness (QED) is 0.446. The van der Waals surface area contributed by atoms with Crippen molar-refractivity contribution in [3.63, 3.8) is 0 Å². The Morgan fingerprint density at radius 2 is 1.00 bits per heavy atom. The summed E-state index contributed by atoms with van der Waals surface area (Å²) in [6.45, 7) is 0. The highest BCUT2D eigenvalue weighted by Gasteiger charge is 2.07. The fraction of sp³-hybridized carbons (Fsp3) is 0.100. The zero-order valence-corrected chi connectivity index (χ0v) is 15.1. The Bertz CT molecular complexity index is 1210. The molecule has 0 radical (unpaired) electrons. The fourth-order valence-corrected chi connectivity index (χ4v) is 2.74. The molecule has 0 bridgehead atoms. The molecule has 3 rings (SSSR count). The predicted molar refractivity (Wildman–Crippen MR) is 103 cm³/mol. The Hall–Kier alpha value is -3.94. The Morgan fingerprint density at radius 1 is 0.643 bits per heavy atom. The number of aromatic nitrogens is 2. The number of benzene rings is 2. The minimum absolute atomic E-state index is 0.0864. The average Bonchev–Trinajstić information content (AvgIpc) is 2.66. The van der Waals surface area contributed by atoms with E-state index in [-0.39, 0.29) is 33.7 Å². The second-order valence-electron chi connectivity index (χ2n) is 6.28. The lowest BCUT2D eigenvalue weighted by Gasteiger charge is -2.06. The highest BCUT2D eigenvalue weighted by Crippen LogP contribution is 2.25. The predicted octanol–water partition coefficient (Wildman–Crippen LogP) is -0.436. The molecule has 0 aliphatic heterocycles. The molecule has 0 atom stereocenters. The molecule has 144 valence electrons. The van der Waals surface area contributed by atoms with E-state index in [2.05, 4.69) is 0 Å². The molecule has 8 heteroatoms. The van der Waals surface area contributed by atoms with Crippen LogP contribution in [-0.2, 0) is 14.1 Å². The minimum Gasteiger partial charge on any atom is -0.504 e. The van der Waals surface area contributed by atoms with Crippen LogP contribution in [0.25, 0.3) is 12.2 Å². The molecule has 1 aromatic heterocycles. The van der Waals surface area contributed by atoms with Gasteiger partial charge in [-0.25, -0.2) is 0 Å². The van der Waals surface area contributed by atoms with Gasteiger partial charge in [-0.3, -0.25) is 9.59 Å². The molecule has 0 fully saturated rings. The van der Waals surface area contributed by atoms with E-state index in [0.717, 1.165) is 0 Å². The van der Waals surface area contributed by atoms with Crippen molar-refractivity contribution in [2.75, 3.05) is 0 Å². The maximum Gasteiger partial charge on any atom is 0.274 e. The summed E-state index contributed by atoms with van der Waals surface area (Å²) in [6, 6.07) is 8.11. The van der Waals surface area contributed by atoms with Crippen LogP contribution in [0.4, 0.5) is 0 Å². The van der Waals surface area contributed by atoms with E-state index in [9.17, 15) is 30.0 Å². The second kappa shape index (κ2) is 6.99. The smallest absolute Gasteiger partial charge is 0.274 e. The average molecular weight is 382 g/mol. The summed E-state index contributed by atoms with van der Waals surface area (Å²) in [5.41, 5.74) is -0.0435. The topological polar surface area (TPSA) is 125 Å². The number of phenolic OH excluding ortho intramolecular Hbond substituents is 4. The van der Waals surface area contributed by atoms with Gasteiger partial charge in [-0.1, -0.05) is 12.1 Å². The molecule has 0 unspecified atom stereocenters. The Balaban J connectivity index is 2.28. The van der Waals surface area contributed by atoms with E-state index in [4.69, 9.17) is 0 Å². The number of nitrogens with zero attached hydrogens (tertiary/aromatic N) is 2. The van der Waals surface area contributed by atoms with Gasteiger partial charge in [0, 0.05) is 14.1 Å². The molecule has 0 spiro atoms. The third kappa shape index (κ3) is 3.35. The van der Waals surface area contributed by atoms with Crippen LogP contribution in [0, 0.1) is 0 Å². The van der Waals surface area contributed by atoms with E-state index in [0.29, 0.717) is 11.1 Å². The highest BCUT2D eigenvalue weighted by atomic mass is 16.3. The molecule has 0 saturated heterocycles. The highest BCUT2D eigenvalue weighted by molar-refractivity contribution is 5.55. The SMILES string of the molecule is Cn1c(=O)c(=Cc2ccc(O)c(O)c2)n(C)c(=O)c1=Cc1ccc(O)c(O)c1. The first kappa shape index (κ1) is 18.8. The molecule has 8 nitrogen and oxygen atoms in total. The molecule has 1 heterocycles. The molecular formula is C20H18N2O6. The van der Waals surface area contributed by atoms with Crippen molar-refractivity contribution in [3.8, 4) is 23.0 Å². The van der Waals surface area contributed by atoms with Crippen LogP contribution >= 0.6 is 0 Å². The minimum atomic E-state index is -0.455. The van der Waals surface area contributed by atoms with Crippen molar-refractivity contribution in [2.24, 2.45) is 14.1 Å². The molecular weight excluding hydrogens is 364 g/mol. The maximum atomic E-state index is 12.8. The van der Waals surface area contributed by atoms with Crippen LogP contribution in [0.1, 0.15) is 11.1 Å². The first-order valence-electron chi connectivity index (χ1n) is 8.22. The molecule has 0 aliphatic rings.